The van der Waals surface area contributed by atoms with E-state index in [-0.39, 0.29) is 12.1 Å². The van der Waals surface area contributed by atoms with E-state index >= 15 is 0 Å². The van der Waals surface area contributed by atoms with Crippen LogP contribution in [-0.2, 0) is 4.74 Å². The molecule has 0 aromatic rings. The molecule has 19 heavy (non-hydrogen) atoms. The molecule has 0 radical (unpaired) electrons. The van der Waals surface area contributed by atoms with Crippen LogP contribution in [0, 0.1) is 0 Å². The molecular formula is C13H26N4O2. The second-order valence-electron chi connectivity index (χ2n) is 5.78. The van der Waals surface area contributed by atoms with Crippen molar-refractivity contribution in [1.82, 2.24) is 15.1 Å². The number of ether oxygens (including phenoxy) is 1. The highest BCUT2D eigenvalue weighted by Crippen LogP contribution is 2.17. The van der Waals surface area contributed by atoms with Crippen molar-refractivity contribution in [2.24, 2.45) is 4.99 Å². The summed E-state index contributed by atoms with van der Waals surface area (Å²) in [5.41, 5.74) is -0.454. The first-order valence-electron chi connectivity index (χ1n) is 6.63. The third-order valence-electron chi connectivity index (χ3n) is 3.13. The monoisotopic (exact) mass is 270 g/mol. The minimum Gasteiger partial charge on any atom is -0.444 e. The number of hydrogen-bond acceptors (Lipinski definition) is 3. The molecular weight excluding hydrogens is 244 g/mol. The summed E-state index contributed by atoms with van der Waals surface area (Å²) in [7, 11) is 5.41. The predicted octanol–water partition coefficient (Wildman–Crippen LogP) is 1.13. The van der Waals surface area contributed by atoms with Gasteiger partial charge in [0.2, 0.25) is 0 Å². The highest BCUT2D eigenvalue weighted by atomic mass is 16.6. The predicted molar refractivity (Wildman–Crippen MR) is 76.4 cm³/mol. The molecule has 1 saturated heterocycles. The van der Waals surface area contributed by atoms with Crippen molar-refractivity contribution in [3.8, 4) is 0 Å². The van der Waals surface area contributed by atoms with Gasteiger partial charge in [-0.3, -0.25) is 4.99 Å². The molecule has 1 heterocycles. The first kappa shape index (κ1) is 15.6. The number of nitrogens with zero attached hydrogens (tertiary/aromatic N) is 3. The molecule has 6 nitrogen and oxygen atoms in total. The van der Waals surface area contributed by atoms with Crippen molar-refractivity contribution in [2.45, 2.75) is 38.8 Å². The normalized spacial score (nSPS) is 20.4. The first-order chi connectivity index (χ1) is 8.78. The van der Waals surface area contributed by atoms with Crippen molar-refractivity contribution in [1.29, 1.82) is 0 Å². The number of guanidine groups is 1. The average molecular weight is 270 g/mol. The maximum absolute atomic E-state index is 12.0. The number of rotatable bonds is 1. The van der Waals surface area contributed by atoms with Gasteiger partial charge >= 0.3 is 6.09 Å². The second kappa shape index (κ2) is 6.12. The molecule has 0 aliphatic carbocycles. The lowest BCUT2D eigenvalue weighted by atomic mass is 10.2. The fraction of sp³-hybridized carbons (Fsp3) is 0.846. The second-order valence-corrected chi connectivity index (χ2v) is 5.78. The third kappa shape index (κ3) is 4.29. The van der Waals surface area contributed by atoms with Gasteiger partial charge in [-0.2, -0.15) is 0 Å². The van der Waals surface area contributed by atoms with E-state index in [1.54, 1.807) is 19.0 Å². The van der Waals surface area contributed by atoms with Gasteiger partial charge < -0.3 is 19.9 Å². The molecule has 6 heteroatoms. The Kier molecular flexibility index (Phi) is 5.03. The number of carbonyl (C=O) groups excluding carboxylic acids is 1. The van der Waals surface area contributed by atoms with E-state index in [9.17, 15) is 4.79 Å². The Bertz CT molecular complexity index is 349. The molecule has 1 atom stereocenters. The number of aliphatic imine (C=N–C) groups is 1. The van der Waals surface area contributed by atoms with Gasteiger partial charge in [-0.1, -0.05) is 0 Å². The van der Waals surface area contributed by atoms with Gasteiger partial charge in [-0.25, -0.2) is 4.79 Å². The van der Waals surface area contributed by atoms with Crippen molar-refractivity contribution >= 4 is 12.1 Å². The smallest absolute Gasteiger partial charge is 0.410 e. The van der Waals surface area contributed by atoms with Crippen LogP contribution < -0.4 is 5.32 Å². The summed E-state index contributed by atoms with van der Waals surface area (Å²) in [5.74, 6) is 0.861. The van der Waals surface area contributed by atoms with Crippen LogP contribution in [0.15, 0.2) is 4.99 Å². The van der Waals surface area contributed by atoms with Gasteiger partial charge in [0, 0.05) is 34.2 Å². The van der Waals surface area contributed by atoms with Gasteiger partial charge in [0.1, 0.15) is 5.60 Å². The highest BCUT2D eigenvalue weighted by molar-refractivity contribution is 5.80. The van der Waals surface area contributed by atoms with Crippen LogP contribution in [-0.4, -0.2) is 67.7 Å². The van der Waals surface area contributed by atoms with Crippen molar-refractivity contribution < 1.29 is 9.53 Å². The van der Waals surface area contributed by atoms with E-state index in [0.29, 0.717) is 0 Å². The Morgan fingerprint density at radius 2 is 2.11 bits per heavy atom. The summed E-state index contributed by atoms with van der Waals surface area (Å²) < 4.78 is 5.38. The van der Waals surface area contributed by atoms with Crippen LogP contribution in [0.2, 0.25) is 0 Å². The van der Waals surface area contributed by atoms with Gasteiger partial charge in [0.15, 0.2) is 5.96 Å². The lowest BCUT2D eigenvalue weighted by molar-refractivity contribution is 0.0232. The summed E-state index contributed by atoms with van der Waals surface area (Å²) in [6.45, 7) is 7.31. The lowest BCUT2D eigenvalue weighted by Crippen LogP contribution is -2.44. The van der Waals surface area contributed by atoms with E-state index in [2.05, 4.69) is 15.2 Å². The zero-order valence-electron chi connectivity index (χ0n) is 12.9. The number of nitrogens with one attached hydrogen (secondary N) is 1. The fourth-order valence-electron chi connectivity index (χ4n) is 2.14. The molecule has 0 spiro atoms. The molecule has 1 aliphatic heterocycles. The Morgan fingerprint density at radius 1 is 1.47 bits per heavy atom. The number of carbonyl (C=O) groups is 1. The Morgan fingerprint density at radius 3 is 2.58 bits per heavy atom. The molecule has 1 amide bonds. The molecule has 0 aromatic heterocycles. The zero-order chi connectivity index (χ0) is 14.6. The highest BCUT2D eigenvalue weighted by Gasteiger charge is 2.31. The molecule has 110 valence electrons. The van der Waals surface area contributed by atoms with Crippen LogP contribution in [0.3, 0.4) is 0 Å². The van der Waals surface area contributed by atoms with E-state index in [1.807, 2.05) is 27.8 Å². The topological polar surface area (TPSA) is 57.2 Å². The molecule has 1 unspecified atom stereocenters. The summed E-state index contributed by atoms with van der Waals surface area (Å²) in [6.07, 6.45) is 0.662. The Labute approximate surface area is 115 Å². The standard InChI is InChI=1S/C13H26N4O2/c1-13(2,3)19-12(18)16(6)10-7-8-17(9-10)11(14-4)15-5/h10H,7-9H2,1-6H3,(H,14,15). The largest absolute Gasteiger partial charge is 0.444 e. The van der Waals surface area contributed by atoms with Gasteiger partial charge in [0.05, 0.1) is 6.04 Å². The van der Waals surface area contributed by atoms with Crippen LogP contribution in [0.1, 0.15) is 27.2 Å². The van der Waals surface area contributed by atoms with Crippen LogP contribution >= 0.6 is 0 Å². The number of hydrogen-bond donors (Lipinski definition) is 1. The molecule has 1 rings (SSSR count). The molecule has 1 aliphatic rings. The molecule has 0 bridgehead atoms. The Hall–Kier alpha value is -1.46. The van der Waals surface area contributed by atoms with Crippen molar-refractivity contribution in [3.05, 3.63) is 0 Å². The van der Waals surface area contributed by atoms with Gasteiger partial charge in [-0.15, -0.1) is 0 Å². The quantitative estimate of drug-likeness (QED) is 0.573. The minimum absolute atomic E-state index is 0.167. The lowest BCUT2D eigenvalue weighted by Gasteiger charge is -2.28. The molecule has 1 N–H and O–H groups in total. The summed E-state index contributed by atoms with van der Waals surface area (Å²) in [4.78, 5) is 20.0. The van der Waals surface area contributed by atoms with Crippen LogP contribution in [0.5, 0.6) is 0 Å². The van der Waals surface area contributed by atoms with Gasteiger partial charge in [0.25, 0.3) is 0 Å². The fourth-order valence-corrected chi connectivity index (χ4v) is 2.14. The van der Waals surface area contributed by atoms with Crippen LogP contribution in [0.25, 0.3) is 0 Å². The third-order valence-corrected chi connectivity index (χ3v) is 3.13. The number of likely N-dealkylation sites (tertiary alicyclic amines) is 1. The van der Waals surface area contributed by atoms with Crippen LogP contribution in [0.4, 0.5) is 4.79 Å². The number of amides is 1. The average Bonchev–Trinajstić information content (AvgIpc) is 2.77. The molecule has 0 aromatic carbocycles. The van der Waals surface area contributed by atoms with E-state index in [1.165, 1.54) is 0 Å². The Balaban J connectivity index is 2.57. The first-order valence-corrected chi connectivity index (χ1v) is 6.63. The SMILES string of the molecule is CN=C(NC)N1CCC(N(C)C(=O)OC(C)(C)C)C1. The van der Waals surface area contributed by atoms with E-state index in [4.69, 9.17) is 4.74 Å². The number of likely N-dealkylation sites (N-methyl/N-ethyl adjacent to an activating group) is 1. The van der Waals surface area contributed by atoms with E-state index in [0.717, 1.165) is 25.5 Å². The summed E-state index contributed by atoms with van der Waals surface area (Å²) >= 11 is 0. The van der Waals surface area contributed by atoms with E-state index < -0.39 is 5.60 Å². The molecule has 1 fully saturated rings. The van der Waals surface area contributed by atoms with Crippen molar-refractivity contribution in [2.75, 3.05) is 34.2 Å². The van der Waals surface area contributed by atoms with Gasteiger partial charge in [-0.05, 0) is 27.2 Å². The zero-order valence-corrected chi connectivity index (χ0v) is 12.9. The summed E-state index contributed by atoms with van der Waals surface area (Å²) in [5, 5.41) is 3.06. The maximum atomic E-state index is 12.0. The minimum atomic E-state index is -0.454. The molecule has 0 saturated carbocycles. The summed E-state index contributed by atoms with van der Waals surface area (Å²) in [6, 6.07) is 0.167. The van der Waals surface area contributed by atoms with Crippen molar-refractivity contribution in [3.63, 3.8) is 0 Å². The maximum Gasteiger partial charge on any atom is 0.410 e.